The second-order valence-corrected chi connectivity index (χ2v) is 6.31. The van der Waals surface area contributed by atoms with Crippen LogP contribution < -0.4 is 5.56 Å². The zero-order valence-corrected chi connectivity index (χ0v) is 14.8. The maximum Gasteiger partial charge on any atom is 0.433 e. The summed E-state index contributed by atoms with van der Waals surface area (Å²) in [7, 11) is 0. The highest BCUT2D eigenvalue weighted by molar-refractivity contribution is 9.10. The van der Waals surface area contributed by atoms with Gasteiger partial charge < -0.3 is 4.74 Å². The third-order valence-electron chi connectivity index (χ3n) is 3.51. The molecule has 0 saturated heterocycles. The minimum Gasteiger partial charge on any atom is -0.459 e. The van der Waals surface area contributed by atoms with Crippen molar-refractivity contribution in [3.63, 3.8) is 0 Å². The maximum atomic E-state index is 13.5. The van der Waals surface area contributed by atoms with Gasteiger partial charge in [-0.2, -0.15) is 13.2 Å². The van der Waals surface area contributed by atoms with Crippen LogP contribution in [0.4, 0.5) is 13.2 Å². The van der Waals surface area contributed by atoms with Gasteiger partial charge in [-0.05, 0) is 17.7 Å². The quantitative estimate of drug-likeness (QED) is 0.646. The molecule has 6 nitrogen and oxygen atoms in total. The third-order valence-corrected chi connectivity index (χ3v) is 4.04. The fraction of sp³-hybridized carbons (Fsp3) is 0.188. The number of carbonyl (C=O) groups is 1. The van der Waals surface area contributed by atoms with E-state index in [2.05, 4.69) is 26.0 Å². The molecule has 0 aliphatic heterocycles. The molecule has 0 bridgehead atoms. The van der Waals surface area contributed by atoms with Crippen molar-refractivity contribution in [2.75, 3.05) is 0 Å². The summed E-state index contributed by atoms with van der Waals surface area (Å²) < 4.78 is 46.6. The molecule has 1 N–H and O–H groups in total. The second-order valence-electron chi connectivity index (χ2n) is 5.39. The molecule has 0 fully saturated rings. The van der Waals surface area contributed by atoms with Crippen LogP contribution in [-0.4, -0.2) is 20.6 Å². The van der Waals surface area contributed by atoms with Gasteiger partial charge in [-0.15, -0.1) is 0 Å². The average Bonchev–Trinajstić information content (AvgIpc) is 2.94. The molecule has 26 heavy (non-hydrogen) atoms. The molecule has 1 aromatic carbocycles. The van der Waals surface area contributed by atoms with E-state index in [-0.39, 0.29) is 29.1 Å². The van der Waals surface area contributed by atoms with Crippen LogP contribution in [0.2, 0.25) is 0 Å². The monoisotopic (exact) mass is 429 g/mol. The van der Waals surface area contributed by atoms with Crippen LogP contribution >= 0.6 is 15.9 Å². The van der Waals surface area contributed by atoms with Crippen LogP contribution in [0.25, 0.3) is 16.8 Å². The first-order valence-corrected chi connectivity index (χ1v) is 8.07. The molecular weight excluding hydrogens is 419 g/mol. The minimum absolute atomic E-state index is 0.0521. The summed E-state index contributed by atoms with van der Waals surface area (Å²) in [6.07, 6.45) is -4.72. The average molecular weight is 430 g/mol. The first-order valence-electron chi connectivity index (χ1n) is 7.28. The Kier molecular flexibility index (Phi) is 4.61. The predicted molar refractivity (Wildman–Crippen MR) is 89.4 cm³/mol. The van der Waals surface area contributed by atoms with Gasteiger partial charge in [0, 0.05) is 17.5 Å². The van der Waals surface area contributed by atoms with Gasteiger partial charge in [0.15, 0.2) is 5.65 Å². The van der Waals surface area contributed by atoms with Crippen LogP contribution in [0.3, 0.4) is 0 Å². The number of rotatable bonds is 3. The van der Waals surface area contributed by atoms with Crippen LogP contribution in [0.1, 0.15) is 18.3 Å². The van der Waals surface area contributed by atoms with Crippen molar-refractivity contribution < 1.29 is 22.7 Å². The lowest BCUT2D eigenvalue weighted by molar-refractivity contribution is -0.142. The summed E-state index contributed by atoms with van der Waals surface area (Å²) in [5, 5.41) is 2.07. The first kappa shape index (κ1) is 18.2. The van der Waals surface area contributed by atoms with Crippen LogP contribution in [0, 0.1) is 0 Å². The normalized spacial score (nSPS) is 11.7. The standard InChI is InChI=1S/C16H11BrF3N3O3/c1-8(24)26-7-11-6-12(25)23-15(21-11)13(14(22-23)16(18,19)20)9-2-4-10(17)5-3-9/h2-6,22H,7H2,1H3. The van der Waals surface area contributed by atoms with Crippen molar-refractivity contribution in [2.24, 2.45) is 0 Å². The highest BCUT2D eigenvalue weighted by atomic mass is 79.9. The number of aromatic nitrogens is 3. The number of esters is 1. The number of H-pyrrole nitrogens is 1. The number of fused-ring (bicyclic) bond motifs is 1. The molecule has 2 aromatic heterocycles. The van der Waals surface area contributed by atoms with Gasteiger partial charge in [0.1, 0.15) is 12.3 Å². The summed E-state index contributed by atoms with van der Waals surface area (Å²) in [4.78, 5) is 27.2. The van der Waals surface area contributed by atoms with Gasteiger partial charge in [0.05, 0.1) is 11.3 Å². The van der Waals surface area contributed by atoms with E-state index in [9.17, 15) is 22.8 Å². The molecule has 0 saturated carbocycles. The van der Waals surface area contributed by atoms with Crippen molar-refractivity contribution >= 4 is 27.5 Å². The summed E-state index contributed by atoms with van der Waals surface area (Å²) in [5.74, 6) is -0.592. The fourth-order valence-corrected chi connectivity index (χ4v) is 2.69. The summed E-state index contributed by atoms with van der Waals surface area (Å²) in [6.45, 7) is 0.865. The van der Waals surface area contributed by atoms with Crippen molar-refractivity contribution in [3.05, 3.63) is 56.5 Å². The third kappa shape index (κ3) is 3.50. The molecule has 0 unspecified atom stereocenters. The number of nitrogens with zero attached hydrogens (tertiary/aromatic N) is 2. The zero-order chi connectivity index (χ0) is 19.1. The largest absolute Gasteiger partial charge is 0.459 e. The summed E-state index contributed by atoms with van der Waals surface area (Å²) in [6, 6.07) is 7.14. The Balaban J connectivity index is 2.28. The van der Waals surface area contributed by atoms with Crippen LogP contribution in [-0.2, 0) is 22.3 Å². The van der Waals surface area contributed by atoms with Crippen molar-refractivity contribution in [1.82, 2.24) is 14.6 Å². The van der Waals surface area contributed by atoms with Gasteiger partial charge in [0.2, 0.25) is 0 Å². The molecular formula is C16H11BrF3N3O3. The highest BCUT2D eigenvalue weighted by Gasteiger charge is 2.38. The lowest BCUT2D eigenvalue weighted by Crippen LogP contribution is -2.17. The number of nitrogens with one attached hydrogen (secondary N) is 1. The van der Waals surface area contributed by atoms with Crippen LogP contribution in [0.15, 0.2) is 39.6 Å². The number of halogens is 4. The Morgan fingerprint density at radius 2 is 1.96 bits per heavy atom. The minimum atomic E-state index is -4.72. The first-order chi connectivity index (χ1) is 12.2. The number of aromatic amines is 1. The number of carbonyl (C=O) groups excluding carboxylic acids is 1. The Bertz CT molecular complexity index is 1040. The van der Waals surface area contributed by atoms with Crippen LogP contribution in [0.5, 0.6) is 0 Å². The van der Waals surface area contributed by atoms with Crippen molar-refractivity contribution in [3.8, 4) is 11.1 Å². The smallest absolute Gasteiger partial charge is 0.433 e. The van der Waals surface area contributed by atoms with E-state index in [1.165, 1.54) is 19.1 Å². The Morgan fingerprint density at radius 3 is 2.54 bits per heavy atom. The number of benzene rings is 1. The Labute approximate surface area is 152 Å². The lowest BCUT2D eigenvalue weighted by atomic mass is 10.1. The molecule has 3 rings (SSSR count). The predicted octanol–water partition coefficient (Wildman–Crippen LogP) is 3.53. The van der Waals surface area contributed by atoms with E-state index in [0.717, 1.165) is 10.6 Å². The van der Waals surface area contributed by atoms with E-state index in [1.807, 2.05) is 0 Å². The maximum absolute atomic E-state index is 13.5. The lowest BCUT2D eigenvalue weighted by Gasteiger charge is -2.07. The van der Waals surface area contributed by atoms with Gasteiger partial charge in [-0.1, -0.05) is 28.1 Å². The second kappa shape index (κ2) is 6.60. The zero-order valence-electron chi connectivity index (χ0n) is 13.2. The van der Waals surface area contributed by atoms with Gasteiger partial charge >= 0.3 is 12.1 Å². The van der Waals surface area contributed by atoms with Gasteiger partial charge in [0.25, 0.3) is 5.56 Å². The van der Waals surface area contributed by atoms with E-state index < -0.39 is 23.4 Å². The topological polar surface area (TPSA) is 76.5 Å². The van der Waals surface area contributed by atoms with Crippen molar-refractivity contribution in [2.45, 2.75) is 19.7 Å². The van der Waals surface area contributed by atoms with Gasteiger partial charge in [-0.3, -0.25) is 14.7 Å². The summed E-state index contributed by atoms with van der Waals surface area (Å²) >= 11 is 3.22. The van der Waals surface area contributed by atoms with E-state index >= 15 is 0 Å². The molecule has 0 aliphatic carbocycles. The highest BCUT2D eigenvalue weighted by Crippen LogP contribution is 2.38. The number of hydrogen-bond donors (Lipinski definition) is 1. The Hall–Kier alpha value is -2.62. The molecule has 0 radical (unpaired) electrons. The van der Waals surface area contributed by atoms with Crippen molar-refractivity contribution in [1.29, 1.82) is 0 Å². The van der Waals surface area contributed by atoms with Gasteiger partial charge in [-0.25, -0.2) is 9.50 Å². The number of hydrogen-bond acceptors (Lipinski definition) is 4. The molecule has 0 atom stereocenters. The van der Waals surface area contributed by atoms with E-state index in [0.29, 0.717) is 4.47 Å². The molecule has 0 aliphatic rings. The molecule has 0 amide bonds. The molecule has 3 aromatic rings. The molecule has 10 heteroatoms. The van der Waals surface area contributed by atoms with E-state index in [1.54, 1.807) is 12.1 Å². The SMILES string of the molecule is CC(=O)OCc1cc(=O)n2[nH]c(C(F)(F)F)c(-c3ccc(Br)cc3)c2n1. The number of ether oxygens (including phenoxy) is 1. The molecule has 136 valence electrons. The summed E-state index contributed by atoms with van der Waals surface area (Å²) in [5.41, 5.74) is -2.01. The number of alkyl halides is 3. The molecule has 0 spiro atoms. The fourth-order valence-electron chi connectivity index (χ4n) is 2.43. The van der Waals surface area contributed by atoms with E-state index in [4.69, 9.17) is 4.74 Å². The molecule has 2 heterocycles. The Morgan fingerprint density at radius 1 is 1.31 bits per heavy atom.